The van der Waals surface area contributed by atoms with Crippen LogP contribution in [0.4, 0.5) is 16.6 Å². The Morgan fingerprint density at radius 1 is 1.42 bits per heavy atom. The molecule has 7 heteroatoms. The van der Waals surface area contributed by atoms with Crippen LogP contribution < -0.4 is 16.8 Å². The lowest BCUT2D eigenvalue weighted by Gasteiger charge is -2.05. The van der Waals surface area contributed by atoms with Gasteiger partial charge in [-0.1, -0.05) is 0 Å². The molecule has 0 saturated carbocycles. The molecule has 0 radical (unpaired) electrons. The first kappa shape index (κ1) is 11.9. The lowest BCUT2D eigenvalue weighted by Crippen LogP contribution is -2.14. The summed E-state index contributed by atoms with van der Waals surface area (Å²) < 4.78 is 0. The minimum Gasteiger partial charge on any atom is -0.397 e. The fourth-order valence-electron chi connectivity index (χ4n) is 2.10. The summed E-state index contributed by atoms with van der Waals surface area (Å²) in [5.41, 5.74) is 12.6. The molecule has 0 unspecified atom stereocenters. The smallest absolute Gasteiger partial charge is 0.250 e. The van der Waals surface area contributed by atoms with Crippen LogP contribution in [0.3, 0.4) is 0 Å². The van der Waals surface area contributed by atoms with E-state index in [1.807, 2.05) is 0 Å². The molecule has 0 aromatic carbocycles. The van der Waals surface area contributed by atoms with Gasteiger partial charge in [-0.2, -0.15) is 0 Å². The van der Waals surface area contributed by atoms with Gasteiger partial charge < -0.3 is 16.8 Å². The van der Waals surface area contributed by atoms with E-state index in [-0.39, 0.29) is 11.3 Å². The van der Waals surface area contributed by atoms with Gasteiger partial charge in [-0.15, -0.1) is 11.3 Å². The van der Waals surface area contributed by atoms with Gasteiger partial charge in [0.1, 0.15) is 5.82 Å². The second kappa shape index (κ2) is 4.51. The maximum atomic E-state index is 11.2. The largest absolute Gasteiger partial charge is 0.397 e. The van der Waals surface area contributed by atoms with Gasteiger partial charge in [-0.25, -0.2) is 9.97 Å². The van der Waals surface area contributed by atoms with Crippen molar-refractivity contribution in [2.24, 2.45) is 5.73 Å². The van der Waals surface area contributed by atoms with Crippen LogP contribution in [-0.4, -0.2) is 15.9 Å². The summed E-state index contributed by atoms with van der Waals surface area (Å²) in [5, 5.41) is 3.88. The fourth-order valence-corrected chi connectivity index (χ4v) is 3.16. The number of anilines is 3. The van der Waals surface area contributed by atoms with Crippen molar-refractivity contribution in [2.45, 2.75) is 19.3 Å². The zero-order valence-electron chi connectivity index (χ0n) is 10.1. The van der Waals surface area contributed by atoms with Gasteiger partial charge in [0.2, 0.25) is 0 Å². The fraction of sp³-hybridized carbons (Fsp3) is 0.250. The molecule has 98 valence electrons. The highest BCUT2D eigenvalue weighted by Gasteiger charge is 2.17. The SMILES string of the molecule is NC(=O)c1cc(Nc2nc3c(s2)CCC3)ncc1N. The van der Waals surface area contributed by atoms with E-state index in [0.717, 1.165) is 23.7 Å². The molecule has 0 fully saturated rings. The van der Waals surface area contributed by atoms with Crippen molar-refractivity contribution in [3.63, 3.8) is 0 Å². The molecule has 1 amide bonds. The molecule has 1 aliphatic rings. The Labute approximate surface area is 113 Å². The number of nitrogens with two attached hydrogens (primary N) is 2. The predicted octanol–water partition coefficient (Wildman–Crippen LogP) is 1.45. The van der Waals surface area contributed by atoms with Gasteiger partial charge in [0.15, 0.2) is 5.13 Å². The molecular formula is C12H13N5OS. The number of carbonyl (C=O) groups excluding carboxylic acids is 1. The number of hydrogen-bond acceptors (Lipinski definition) is 6. The van der Waals surface area contributed by atoms with Gasteiger partial charge >= 0.3 is 0 Å². The van der Waals surface area contributed by atoms with E-state index < -0.39 is 5.91 Å². The number of carbonyl (C=O) groups is 1. The quantitative estimate of drug-likeness (QED) is 0.786. The van der Waals surface area contributed by atoms with Gasteiger partial charge in [0.25, 0.3) is 5.91 Å². The van der Waals surface area contributed by atoms with Crippen LogP contribution in [0.25, 0.3) is 0 Å². The zero-order chi connectivity index (χ0) is 13.4. The third-order valence-electron chi connectivity index (χ3n) is 3.03. The van der Waals surface area contributed by atoms with Crippen molar-refractivity contribution >= 4 is 33.9 Å². The number of primary amides is 1. The van der Waals surface area contributed by atoms with Crippen molar-refractivity contribution in [3.8, 4) is 0 Å². The number of hydrogen-bond donors (Lipinski definition) is 3. The van der Waals surface area contributed by atoms with Crippen molar-refractivity contribution in [3.05, 3.63) is 28.4 Å². The van der Waals surface area contributed by atoms with Crippen LogP contribution in [0, 0.1) is 0 Å². The van der Waals surface area contributed by atoms with E-state index in [1.54, 1.807) is 17.4 Å². The summed E-state index contributed by atoms with van der Waals surface area (Å²) in [5.74, 6) is -0.0417. The number of rotatable bonds is 3. The lowest BCUT2D eigenvalue weighted by molar-refractivity contribution is 0.100. The molecule has 0 bridgehead atoms. The molecule has 2 aromatic rings. The van der Waals surface area contributed by atoms with Gasteiger partial charge in [0, 0.05) is 4.88 Å². The second-order valence-electron chi connectivity index (χ2n) is 4.39. The van der Waals surface area contributed by atoms with Crippen LogP contribution >= 0.6 is 11.3 Å². The first-order valence-corrected chi connectivity index (χ1v) is 6.76. The number of aromatic nitrogens is 2. The molecule has 2 heterocycles. The molecule has 19 heavy (non-hydrogen) atoms. The summed E-state index contributed by atoms with van der Waals surface area (Å²) in [6.07, 6.45) is 4.73. The van der Waals surface area contributed by atoms with Crippen molar-refractivity contribution < 1.29 is 4.79 Å². The van der Waals surface area contributed by atoms with Crippen LogP contribution in [0.15, 0.2) is 12.3 Å². The lowest BCUT2D eigenvalue weighted by atomic mass is 10.2. The number of amides is 1. The number of nitrogen functional groups attached to an aromatic ring is 1. The minimum absolute atomic E-state index is 0.265. The Hall–Kier alpha value is -2.15. The summed E-state index contributed by atoms with van der Waals surface area (Å²) in [6.45, 7) is 0. The third-order valence-corrected chi connectivity index (χ3v) is 4.10. The molecule has 5 N–H and O–H groups in total. The Morgan fingerprint density at radius 3 is 3.00 bits per heavy atom. The van der Waals surface area contributed by atoms with Crippen molar-refractivity contribution in [2.75, 3.05) is 11.1 Å². The molecule has 0 atom stereocenters. The average molecular weight is 275 g/mol. The standard InChI is InChI=1S/C12H13N5OS/c13-7-5-15-10(4-6(7)11(14)18)17-12-16-8-2-1-3-9(8)19-12/h4-5H,1-3,13H2,(H2,14,18)(H,15,16,17). The Morgan fingerprint density at radius 2 is 2.26 bits per heavy atom. The van der Waals surface area contributed by atoms with Crippen LogP contribution in [0.1, 0.15) is 27.3 Å². The maximum absolute atomic E-state index is 11.2. The van der Waals surface area contributed by atoms with E-state index in [0.29, 0.717) is 5.82 Å². The highest BCUT2D eigenvalue weighted by molar-refractivity contribution is 7.15. The topological polar surface area (TPSA) is 107 Å². The molecule has 3 rings (SSSR count). The molecule has 1 aliphatic carbocycles. The highest BCUT2D eigenvalue weighted by Crippen LogP contribution is 2.31. The summed E-state index contributed by atoms with van der Waals surface area (Å²) in [4.78, 5) is 21.2. The predicted molar refractivity (Wildman–Crippen MR) is 74.6 cm³/mol. The van der Waals surface area contributed by atoms with E-state index in [4.69, 9.17) is 11.5 Å². The van der Waals surface area contributed by atoms with E-state index >= 15 is 0 Å². The molecular weight excluding hydrogens is 262 g/mol. The van der Waals surface area contributed by atoms with E-state index in [1.165, 1.54) is 17.5 Å². The van der Waals surface area contributed by atoms with E-state index in [9.17, 15) is 4.79 Å². The zero-order valence-corrected chi connectivity index (χ0v) is 11.0. The van der Waals surface area contributed by atoms with Crippen molar-refractivity contribution in [1.29, 1.82) is 0 Å². The van der Waals surface area contributed by atoms with Gasteiger partial charge in [-0.3, -0.25) is 4.79 Å². The maximum Gasteiger partial charge on any atom is 0.250 e. The summed E-state index contributed by atoms with van der Waals surface area (Å²) >= 11 is 1.63. The normalized spacial score (nSPS) is 13.3. The number of nitrogens with one attached hydrogen (secondary N) is 1. The molecule has 0 saturated heterocycles. The van der Waals surface area contributed by atoms with Gasteiger partial charge in [-0.05, 0) is 25.3 Å². The number of aryl methyl sites for hydroxylation is 2. The second-order valence-corrected chi connectivity index (χ2v) is 5.47. The highest BCUT2D eigenvalue weighted by atomic mass is 32.1. The molecule has 6 nitrogen and oxygen atoms in total. The molecule has 2 aromatic heterocycles. The summed E-state index contributed by atoms with van der Waals surface area (Å²) in [6, 6.07) is 1.55. The first-order valence-electron chi connectivity index (χ1n) is 5.94. The third kappa shape index (κ3) is 2.24. The number of pyridine rings is 1. The Balaban J connectivity index is 1.86. The monoisotopic (exact) mass is 275 g/mol. The van der Waals surface area contributed by atoms with E-state index in [2.05, 4.69) is 15.3 Å². The summed E-state index contributed by atoms with van der Waals surface area (Å²) in [7, 11) is 0. The van der Waals surface area contributed by atoms with Gasteiger partial charge in [0.05, 0.1) is 23.1 Å². The van der Waals surface area contributed by atoms with Crippen LogP contribution in [0.5, 0.6) is 0 Å². The number of fused-ring (bicyclic) bond motifs is 1. The minimum atomic E-state index is -0.565. The van der Waals surface area contributed by atoms with Crippen LogP contribution in [-0.2, 0) is 12.8 Å². The number of nitrogens with zero attached hydrogens (tertiary/aromatic N) is 2. The van der Waals surface area contributed by atoms with Crippen LogP contribution in [0.2, 0.25) is 0 Å². The number of thiazole rings is 1. The first-order chi connectivity index (χ1) is 9.13. The van der Waals surface area contributed by atoms with Crippen molar-refractivity contribution in [1.82, 2.24) is 9.97 Å². The molecule has 0 spiro atoms. The Kier molecular flexibility index (Phi) is 2.83. The Bertz CT molecular complexity index is 630. The average Bonchev–Trinajstić information content (AvgIpc) is 2.91. The molecule has 0 aliphatic heterocycles.